The Balaban J connectivity index is 1.41. The molecular formula is C21H19ClFN3O5. The predicted molar refractivity (Wildman–Crippen MR) is 109 cm³/mol. The first-order chi connectivity index (χ1) is 14.7. The third-order valence-corrected chi connectivity index (χ3v) is 5.42. The second-order valence-electron chi connectivity index (χ2n) is 7.36. The van der Waals surface area contributed by atoms with E-state index in [1.807, 2.05) is 0 Å². The van der Waals surface area contributed by atoms with Crippen molar-refractivity contribution < 1.29 is 28.6 Å². The van der Waals surface area contributed by atoms with Crippen LogP contribution in [0, 0.1) is 5.82 Å². The maximum atomic E-state index is 13.4. The summed E-state index contributed by atoms with van der Waals surface area (Å²) in [6.07, 6.45) is -0.521. The Kier molecular flexibility index (Phi) is 5.55. The van der Waals surface area contributed by atoms with Gasteiger partial charge in [0.15, 0.2) is 0 Å². The molecule has 10 heteroatoms. The summed E-state index contributed by atoms with van der Waals surface area (Å²) >= 11 is 5.77. The molecule has 3 amide bonds. The second kappa shape index (κ2) is 8.16. The van der Waals surface area contributed by atoms with Crippen LogP contribution in [0.15, 0.2) is 36.4 Å². The molecule has 2 aliphatic heterocycles. The lowest BCUT2D eigenvalue weighted by Gasteiger charge is -2.24. The predicted octanol–water partition coefficient (Wildman–Crippen LogP) is 2.12. The average molecular weight is 448 g/mol. The number of carbonyl (C=O) groups excluding carboxylic acids is 3. The minimum absolute atomic E-state index is 0.100. The number of carbonyl (C=O) groups is 3. The molecular weight excluding hydrogens is 429 g/mol. The van der Waals surface area contributed by atoms with E-state index in [9.17, 15) is 23.9 Å². The van der Waals surface area contributed by atoms with E-state index in [4.69, 9.17) is 16.3 Å². The van der Waals surface area contributed by atoms with Crippen LogP contribution in [0.3, 0.4) is 0 Å². The van der Waals surface area contributed by atoms with E-state index in [0.717, 1.165) is 11.6 Å². The van der Waals surface area contributed by atoms with Crippen LogP contribution in [0.2, 0.25) is 5.02 Å². The van der Waals surface area contributed by atoms with Crippen LogP contribution in [0.4, 0.5) is 14.9 Å². The topological polar surface area (TPSA) is 108 Å². The van der Waals surface area contributed by atoms with Crippen LogP contribution in [-0.4, -0.2) is 41.9 Å². The van der Waals surface area contributed by atoms with Gasteiger partial charge in [0.2, 0.25) is 0 Å². The molecule has 162 valence electrons. The zero-order chi connectivity index (χ0) is 22.2. The zero-order valence-corrected chi connectivity index (χ0v) is 17.0. The monoisotopic (exact) mass is 447 g/mol. The Hall–Kier alpha value is -3.17. The molecule has 4 rings (SSSR count). The molecule has 0 unspecified atom stereocenters. The summed E-state index contributed by atoms with van der Waals surface area (Å²) in [5.74, 6) is -3.83. The zero-order valence-electron chi connectivity index (χ0n) is 16.3. The van der Waals surface area contributed by atoms with E-state index in [2.05, 4.69) is 10.6 Å². The Bertz CT molecular complexity index is 1060. The van der Waals surface area contributed by atoms with Crippen molar-refractivity contribution in [2.45, 2.75) is 25.2 Å². The molecule has 1 saturated heterocycles. The Morgan fingerprint density at radius 2 is 2.10 bits per heavy atom. The van der Waals surface area contributed by atoms with Crippen LogP contribution in [0.1, 0.15) is 27.9 Å². The molecule has 2 aromatic rings. The molecule has 0 aliphatic carbocycles. The van der Waals surface area contributed by atoms with Gasteiger partial charge >= 0.3 is 6.09 Å². The first-order valence-electron chi connectivity index (χ1n) is 9.62. The fraction of sp³-hybridized carbons (Fsp3) is 0.286. The first kappa shape index (κ1) is 21.1. The summed E-state index contributed by atoms with van der Waals surface area (Å²) in [5.41, 5.74) is 2.25. The number of rotatable bonds is 4. The highest BCUT2D eigenvalue weighted by atomic mass is 35.5. The van der Waals surface area contributed by atoms with Gasteiger partial charge in [0.05, 0.1) is 0 Å². The van der Waals surface area contributed by atoms with Crippen LogP contribution in [-0.2, 0) is 22.5 Å². The fourth-order valence-corrected chi connectivity index (χ4v) is 3.93. The first-order valence-corrected chi connectivity index (χ1v) is 10.0. The lowest BCUT2D eigenvalue weighted by molar-refractivity contribution is -0.175. The highest BCUT2D eigenvalue weighted by Gasteiger charge is 2.49. The van der Waals surface area contributed by atoms with Crippen LogP contribution in [0.25, 0.3) is 0 Å². The number of benzene rings is 2. The van der Waals surface area contributed by atoms with Gasteiger partial charge in [0.1, 0.15) is 5.82 Å². The van der Waals surface area contributed by atoms with Gasteiger partial charge < -0.3 is 25.4 Å². The second-order valence-corrected chi connectivity index (χ2v) is 7.80. The van der Waals surface area contributed by atoms with Gasteiger partial charge in [-0.05, 0) is 53.9 Å². The summed E-state index contributed by atoms with van der Waals surface area (Å²) in [6, 6.07) is 8.76. The van der Waals surface area contributed by atoms with Crippen molar-refractivity contribution in [2.75, 3.05) is 18.0 Å². The molecule has 0 radical (unpaired) electrons. The molecule has 0 saturated carbocycles. The molecule has 0 aromatic heterocycles. The van der Waals surface area contributed by atoms with Crippen molar-refractivity contribution in [2.24, 2.45) is 0 Å². The normalized spacial score (nSPS) is 20.3. The van der Waals surface area contributed by atoms with Crippen LogP contribution >= 0.6 is 11.6 Å². The number of anilines is 1. The van der Waals surface area contributed by atoms with Gasteiger partial charge in [-0.1, -0.05) is 11.6 Å². The highest BCUT2D eigenvalue weighted by Crippen LogP contribution is 2.31. The van der Waals surface area contributed by atoms with Gasteiger partial charge in [0, 0.05) is 42.3 Å². The lowest BCUT2D eigenvalue weighted by Crippen LogP contribution is -2.46. The fourth-order valence-electron chi connectivity index (χ4n) is 3.68. The number of ether oxygens (including phenoxy) is 1. The van der Waals surface area contributed by atoms with E-state index in [1.165, 1.54) is 17.0 Å². The van der Waals surface area contributed by atoms with Crippen molar-refractivity contribution >= 4 is 35.2 Å². The molecule has 31 heavy (non-hydrogen) atoms. The number of alkyl carbamates (subject to hydrolysis) is 1. The Morgan fingerprint density at radius 3 is 2.87 bits per heavy atom. The van der Waals surface area contributed by atoms with Gasteiger partial charge in [-0.3, -0.25) is 9.59 Å². The number of aliphatic hydroxyl groups is 1. The standard InChI is InChI=1S/C21H19ClFN3O5/c22-14-7-12(8-15(23)10-14)11-25-20(29)31-21(30)4-6-26(19(21)28)16-1-2-17-13(9-16)3-5-24-18(17)27/h1-2,7-10,30H,3-6,11H2,(H,24,27)(H,25,29)/t21-/m0/s1. The number of halogens is 2. The number of nitrogens with zero attached hydrogens (tertiary/aromatic N) is 1. The van der Waals surface area contributed by atoms with Crippen LogP contribution in [0.5, 0.6) is 0 Å². The van der Waals surface area contributed by atoms with Crippen molar-refractivity contribution in [1.29, 1.82) is 0 Å². The maximum Gasteiger partial charge on any atom is 0.410 e. The van der Waals surface area contributed by atoms with Crippen molar-refractivity contribution in [3.05, 3.63) is 63.9 Å². The van der Waals surface area contributed by atoms with E-state index in [0.29, 0.717) is 29.8 Å². The van der Waals surface area contributed by atoms with Gasteiger partial charge in [-0.15, -0.1) is 0 Å². The number of hydrogen-bond donors (Lipinski definition) is 3. The number of fused-ring (bicyclic) bond motifs is 1. The van der Waals surface area contributed by atoms with Crippen molar-refractivity contribution in [3.63, 3.8) is 0 Å². The Labute approximate surface area is 181 Å². The molecule has 8 nitrogen and oxygen atoms in total. The quantitative estimate of drug-likeness (QED) is 0.622. The summed E-state index contributed by atoms with van der Waals surface area (Å²) in [6.45, 7) is 0.539. The van der Waals surface area contributed by atoms with Crippen molar-refractivity contribution in [1.82, 2.24) is 10.6 Å². The third-order valence-electron chi connectivity index (χ3n) is 5.20. The summed E-state index contributed by atoms with van der Waals surface area (Å²) in [7, 11) is 0. The maximum absolute atomic E-state index is 13.4. The molecule has 2 aromatic carbocycles. The molecule has 2 heterocycles. The molecule has 1 fully saturated rings. The van der Waals surface area contributed by atoms with E-state index >= 15 is 0 Å². The molecule has 1 atom stereocenters. The number of amides is 3. The molecule has 3 N–H and O–H groups in total. The lowest BCUT2D eigenvalue weighted by atomic mass is 9.99. The highest BCUT2D eigenvalue weighted by molar-refractivity contribution is 6.30. The largest absolute Gasteiger partial charge is 0.410 e. The summed E-state index contributed by atoms with van der Waals surface area (Å²) in [4.78, 5) is 38.1. The minimum atomic E-state index is -2.32. The van der Waals surface area contributed by atoms with Crippen molar-refractivity contribution in [3.8, 4) is 0 Å². The third kappa shape index (κ3) is 4.33. The molecule has 0 bridgehead atoms. The summed E-state index contributed by atoms with van der Waals surface area (Å²) in [5, 5.41) is 15.9. The molecule has 0 spiro atoms. The smallest absolute Gasteiger partial charge is 0.407 e. The van der Waals surface area contributed by atoms with E-state index in [-0.39, 0.29) is 30.4 Å². The van der Waals surface area contributed by atoms with Crippen LogP contribution < -0.4 is 15.5 Å². The number of hydrogen-bond acceptors (Lipinski definition) is 5. The molecule has 2 aliphatic rings. The summed E-state index contributed by atoms with van der Waals surface area (Å²) < 4.78 is 18.4. The van der Waals surface area contributed by atoms with E-state index in [1.54, 1.807) is 18.2 Å². The number of nitrogens with one attached hydrogen (secondary N) is 2. The average Bonchev–Trinajstić information content (AvgIpc) is 3.00. The van der Waals surface area contributed by atoms with Gasteiger partial charge in [0.25, 0.3) is 17.6 Å². The Morgan fingerprint density at radius 1 is 1.29 bits per heavy atom. The van der Waals surface area contributed by atoms with Gasteiger partial charge in [-0.2, -0.15) is 0 Å². The van der Waals surface area contributed by atoms with Gasteiger partial charge in [-0.25, -0.2) is 9.18 Å². The SMILES string of the molecule is O=C(NCc1cc(F)cc(Cl)c1)O[C@@]1(O)CCN(c2ccc3c(c2)CCNC3=O)C1=O. The minimum Gasteiger partial charge on any atom is -0.407 e. The van der Waals surface area contributed by atoms with E-state index < -0.39 is 23.6 Å².